The second kappa shape index (κ2) is 10.5. The molecule has 0 atom stereocenters. The zero-order valence-corrected chi connectivity index (χ0v) is 19.6. The van der Waals surface area contributed by atoms with Crippen LogP contribution < -0.4 is 5.32 Å². The van der Waals surface area contributed by atoms with Crippen molar-refractivity contribution in [2.45, 2.75) is 24.4 Å². The van der Waals surface area contributed by atoms with Crippen molar-refractivity contribution in [1.29, 1.82) is 0 Å². The zero-order valence-electron chi connectivity index (χ0n) is 18.8. The van der Waals surface area contributed by atoms with Gasteiger partial charge in [-0.15, -0.1) is 0 Å². The summed E-state index contributed by atoms with van der Waals surface area (Å²) in [5.74, 6) is -0.337. The Morgan fingerprint density at radius 3 is 2.43 bits per heavy atom. The maximum Gasteiger partial charge on any atom is 0.416 e. The van der Waals surface area contributed by atoms with Gasteiger partial charge in [0, 0.05) is 31.2 Å². The van der Waals surface area contributed by atoms with Crippen LogP contribution >= 0.6 is 11.6 Å². The number of alkyl halides is 3. The third kappa shape index (κ3) is 6.00. The highest BCUT2D eigenvalue weighted by Crippen LogP contribution is 2.36. The lowest BCUT2D eigenvalue weighted by molar-refractivity contribution is -0.137. The minimum atomic E-state index is -4.41. The van der Waals surface area contributed by atoms with Crippen LogP contribution in [0.2, 0.25) is 5.28 Å². The standard InChI is InChI=1S/C26H24ClF3N4O/c27-24-31-14-10-22(33-24)23(35)32-18-25(20-7-2-1-3-8-20)12-16-34(17-13-25)15-11-19-6-4-5-9-21(19)26(28,29)30/h1-11,14-15H,12-13,16-18H2,(H,32,35). The summed E-state index contributed by atoms with van der Waals surface area (Å²) < 4.78 is 39.9. The molecule has 1 amide bonds. The van der Waals surface area contributed by atoms with Gasteiger partial charge in [0.1, 0.15) is 5.69 Å². The molecule has 1 aliphatic heterocycles. The number of benzene rings is 2. The predicted octanol–water partition coefficient (Wildman–Crippen LogP) is 5.58. The van der Waals surface area contributed by atoms with E-state index in [-0.39, 0.29) is 27.9 Å². The number of halogens is 4. The lowest BCUT2D eigenvalue weighted by Gasteiger charge is -2.42. The van der Waals surface area contributed by atoms with Gasteiger partial charge in [-0.2, -0.15) is 13.2 Å². The summed E-state index contributed by atoms with van der Waals surface area (Å²) in [6.07, 6.45) is 1.69. The highest BCUT2D eigenvalue weighted by Gasteiger charge is 2.36. The van der Waals surface area contributed by atoms with Crippen LogP contribution in [0.5, 0.6) is 0 Å². The summed E-state index contributed by atoms with van der Waals surface area (Å²) in [5.41, 5.74) is 0.459. The molecule has 5 nitrogen and oxygen atoms in total. The van der Waals surface area contributed by atoms with E-state index in [1.165, 1.54) is 30.5 Å². The average molecular weight is 501 g/mol. The number of aromatic nitrogens is 2. The van der Waals surface area contributed by atoms with Crippen LogP contribution in [-0.2, 0) is 11.6 Å². The number of hydrogen-bond donors (Lipinski definition) is 1. The molecule has 0 bridgehead atoms. The van der Waals surface area contributed by atoms with Gasteiger partial charge in [0.05, 0.1) is 5.56 Å². The molecule has 1 saturated heterocycles. The van der Waals surface area contributed by atoms with Crippen LogP contribution in [0, 0.1) is 0 Å². The fraction of sp³-hybridized carbons (Fsp3) is 0.269. The number of nitrogens with zero attached hydrogens (tertiary/aromatic N) is 3. The van der Waals surface area contributed by atoms with Crippen molar-refractivity contribution < 1.29 is 18.0 Å². The Morgan fingerprint density at radius 1 is 1.06 bits per heavy atom. The predicted molar refractivity (Wildman–Crippen MR) is 129 cm³/mol. The molecule has 0 saturated carbocycles. The smallest absolute Gasteiger partial charge is 0.377 e. The third-order valence-corrected chi connectivity index (χ3v) is 6.50. The molecule has 0 unspecified atom stereocenters. The Kier molecular flexibility index (Phi) is 7.40. The van der Waals surface area contributed by atoms with Gasteiger partial charge in [0.2, 0.25) is 5.28 Å². The molecule has 3 aromatic rings. The van der Waals surface area contributed by atoms with E-state index in [2.05, 4.69) is 15.3 Å². The van der Waals surface area contributed by atoms with Crippen molar-refractivity contribution in [3.05, 3.63) is 101 Å². The molecule has 0 radical (unpaired) electrons. The largest absolute Gasteiger partial charge is 0.416 e. The molecule has 35 heavy (non-hydrogen) atoms. The lowest BCUT2D eigenvalue weighted by Crippen LogP contribution is -2.48. The van der Waals surface area contributed by atoms with E-state index in [9.17, 15) is 18.0 Å². The molecule has 1 aliphatic rings. The first-order valence-electron chi connectivity index (χ1n) is 11.2. The summed E-state index contributed by atoms with van der Waals surface area (Å²) >= 11 is 5.81. The third-order valence-electron chi connectivity index (χ3n) is 6.32. The van der Waals surface area contributed by atoms with Crippen LogP contribution in [0.3, 0.4) is 0 Å². The molecule has 1 aromatic heterocycles. The molecule has 1 N–H and O–H groups in total. The van der Waals surface area contributed by atoms with E-state index in [1.54, 1.807) is 12.3 Å². The van der Waals surface area contributed by atoms with Crippen LogP contribution in [0.15, 0.2) is 73.1 Å². The second-order valence-electron chi connectivity index (χ2n) is 8.48. The number of likely N-dealkylation sites (tertiary alicyclic amines) is 1. The van der Waals surface area contributed by atoms with Gasteiger partial charge >= 0.3 is 6.18 Å². The molecular formula is C26H24ClF3N4O. The number of carbonyl (C=O) groups excluding carboxylic acids is 1. The van der Waals surface area contributed by atoms with E-state index in [0.717, 1.165) is 11.6 Å². The Balaban J connectivity index is 1.47. The maximum atomic E-state index is 13.3. The molecule has 1 fully saturated rings. The summed E-state index contributed by atoms with van der Waals surface area (Å²) in [6, 6.07) is 17.0. The summed E-state index contributed by atoms with van der Waals surface area (Å²) in [6.45, 7) is 1.66. The summed E-state index contributed by atoms with van der Waals surface area (Å²) in [4.78, 5) is 22.5. The molecular weight excluding hydrogens is 477 g/mol. The molecule has 2 aromatic carbocycles. The lowest BCUT2D eigenvalue weighted by atomic mass is 9.72. The van der Waals surface area contributed by atoms with Crippen LogP contribution in [0.25, 0.3) is 6.08 Å². The van der Waals surface area contributed by atoms with Crippen molar-refractivity contribution in [3.63, 3.8) is 0 Å². The van der Waals surface area contributed by atoms with Gasteiger partial charge in [-0.3, -0.25) is 4.79 Å². The van der Waals surface area contributed by atoms with E-state index >= 15 is 0 Å². The number of rotatable bonds is 6. The molecule has 2 heterocycles. The number of hydrogen-bond acceptors (Lipinski definition) is 4. The molecule has 4 rings (SSSR count). The quantitative estimate of drug-likeness (QED) is 0.449. The highest BCUT2D eigenvalue weighted by atomic mass is 35.5. The van der Waals surface area contributed by atoms with E-state index in [0.29, 0.717) is 32.5 Å². The minimum Gasteiger partial charge on any atom is -0.377 e. The summed E-state index contributed by atoms with van der Waals surface area (Å²) in [5, 5.41) is 2.99. The number of piperidine rings is 1. The topological polar surface area (TPSA) is 58.1 Å². The van der Waals surface area contributed by atoms with Crippen molar-refractivity contribution in [1.82, 2.24) is 20.2 Å². The van der Waals surface area contributed by atoms with Crippen LogP contribution in [0.4, 0.5) is 13.2 Å². The number of amides is 1. The first-order chi connectivity index (χ1) is 16.8. The summed E-state index contributed by atoms with van der Waals surface area (Å²) in [7, 11) is 0. The molecule has 0 spiro atoms. The number of carbonyl (C=O) groups is 1. The number of nitrogens with one attached hydrogen (secondary N) is 1. The molecule has 9 heteroatoms. The van der Waals surface area contributed by atoms with E-state index < -0.39 is 11.7 Å². The highest BCUT2D eigenvalue weighted by molar-refractivity contribution is 6.28. The average Bonchev–Trinajstić information content (AvgIpc) is 2.87. The minimum absolute atomic E-state index is 0.00242. The normalized spacial score (nSPS) is 15.8. The molecule has 182 valence electrons. The van der Waals surface area contributed by atoms with Gasteiger partial charge in [-0.25, -0.2) is 9.97 Å². The Labute approximate surface area is 206 Å². The van der Waals surface area contributed by atoms with E-state index in [1.807, 2.05) is 35.2 Å². The van der Waals surface area contributed by atoms with E-state index in [4.69, 9.17) is 11.6 Å². The Morgan fingerprint density at radius 2 is 1.74 bits per heavy atom. The van der Waals surface area contributed by atoms with Crippen molar-refractivity contribution in [2.75, 3.05) is 19.6 Å². The first-order valence-corrected chi connectivity index (χ1v) is 11.6. The monoisotopic (exact) mass is 500 g/mol. The van der Waals surface area contributed by atoms with Gasteiger partial charge in [0.25, 0.3) is 5.91 Å². The van der Waals surface area contributed by atoms with Crippen molar-refractivity contribution >= 4 is 23.6 Å². The van der Waals surface area contributed by atoms with Gasteiger partial charge in [-0.05, 0) is 60.0 Å². The fourth-order valence-electron chi connectivity index (χ4n) is 4.35. The zero-order chi connectivity index (χ0) is 24.9. The maximum absolute atomic E-state index is 13.3. The van der Waals surface area contributed by atoms with Crippen LogP contribution in [-0.4, -0.2) is 40.4 Å². The second-order valence-corrected chi connectivity index (χ2v) is 8.81. The first kappa shape index (κ1) is 24.7. The molecule has 0 aliphatic carbocycles. The van der Waals surface area contributed by atoms with Gasteiger partial charge < -0.3 is 10.2 Å². The Bertz CT molecular complexity index is 1190. The van der Waals surface area contributed by atoms with Crippen molar-refractivity contribution in [2.24, 2.45) is 0 Å². The van der Waals surface area contributed by atoms with Gasteiger partial charge in [0.15, 0.2) is 0 Å². The van der Waals surface area contributed by atoms with Crippen molar-refractivity contribution in [3.8, 4) is 0 Å². The van der Waals surface area contributed by atoms with Gasteiger partial charge in [-0.1, -0.05) is 48.5 Å². The van der Waals surface area contributed by atoms with Crippen LogP contribution in [0.1, 0.15) is 40.0 Å². The Hall–Kier alpha value is -3.39. The SMILES string of the molecule is O=C(NCC1(c2ccccc2)CCN(C=Cc2ccccc2C(F)(F)F)CC1)c1ccnc(Cl)n1. The fourth-order valence-corrected chi connectivity index (χ4v) is 4.50.